The lowest BCUT2D eigenvalue weighted by Crippen LogP contribution is -2.33. The van der Waals surface area contributed by atoms with Crippen molar-refractivity contribution in [1.29, 1.82) is 0 Å². The number of likely N-dealkylation sites (N-methyl/N-ethyl adjacent to an activating group) is 2. The maximum Gasteiger partial charge on any atom is 0.410 e. The molecule has 7 heteroatoms. The Balaban J connectivity index is 1.40. The molecular formula is C28H30FN3O3. The van der Waals surface area contributed by atoms with Crippen molar-refractivity contribution < 1.29 is 18.7 Å². The average molecular weight is 476 g/mol. The zero-order valence-electron chi connectivity index (χ0n) is 20.3. The number of hydrogen-bond acceptors (Lipinski definition) is 4. The number of ether oxygens (including phenoxy) is 1. The molecule has 1 atom stereocenters. The van der Waals surface area contributed by atoms with Crippen molar-refractivity contribution in [3.8, 4) is 11.1 Å². The van der Waals surface area contributed by atoms with Gasteiger partial charge in [0.05, 0.1) is 6.54 Å². The largest absolute Gasteiger partial charge is 0.439 e. The standard InChI is InChI=1S/C28H30FN3O3/c1-30(2)15-16-31(3)27(33)24-6-4-5-23(17-24)21-9-7-20(8-10-21)18-32-19-26(35-28(32)34)22-11-13-25(29)14-12-22/h4-14,17,26H,15-16,18-19H2,1-3H3/t26-/m1/s1. The zero-order valence-corrected chi connectivity index (χ0v) is 20.3. The molecule has 3 aromatic carbocycles. The van der Waals surface area contributed by atoms with Crippen LogP contribution < -0.4 is 0 Å². The molecule has 0 unspecified atom stereocenters. The van der Waals surface area contributed by atoms with Gasteiger partial charge in [0.25, 0.3) is 5.91 Å². The average Bonchev–Trinajstić information content (AvgIpc) is 3.22. The van der Waals surface area contributed by atoms with Crippen LogP contribution in [0.3, 0.4) is 0 Å². The topological polar surface area (TPSA) is 53.1 Å². The second-order valence-electron chi connectivity index (χ2n) is 9.11. The predicted molar refractivity (Wildman–Crippen MR) is 133 cm³/mol. The Bertz CT molecular complexity index is 1180. The number of nitrogens with zero attached hydrogens (tertiary/aromatic N) is 3. The van der Waals surface area contributed by atoms with E-state index in [1.165, 1.54) is 12.1 Å². The van der Waals surface area contributed by atoms with Gasteiger partial charge < -0.3 is 14.5 Å². The summed E-state index contributed by atoms with van der Waals surface area (Å²) in [6.07, 6.45) is -0.786. The zero-order chi connectivity index (χ0) is 24.9. The van der Waals surface area contributed by atoms with Gasteiger partial charge in [-0.15, -0.1) is 0 Å². The van der Waals surface area contributed by atoms with Crippen LogP contribution in [0.1, 0.15) is 27.6 Å². The molecule has 1 aliphatic rings. The van der Waals surface area contributed by atoms with E-state index < -0.39 is 6.10 Å². The number of halogens is 1. The molecule has 2 amide bonds. The highest BCUT2D eigenvalue weighted by atomic mass is 19.1. The van der Waals surface area contributed by atoms with E-state index in [9.17, 15) is 14.0 Å². The van der Waals surface area contributed by atoms with E-state index in [1.54, 1.807) is 21.9 Å². The molecule has 182 valence electrons. The highest BCUT2D eigenvalue weighted by Crippen LogP contribution is 2.28. The second-order valence-corrected chi connectivity index (χ2v) is 9.11. The van der Waals surface area contributed by atoms with Gasteiger partial charge in [0.1, 0.15) is 11.9 Å². The van der Waals surface area contributed by atoms with Gasteiger partial charge in [0, 0.05) is 32.2 Å². The van der Waals surface area contributed by atoms with Crippen molar-refractivity contribution in [3.63, 3.8) is 0 Å². The first-order valence-corrected chi connectivity index (χ1v) is 11.6. The summed E-state index contributed by atoms with van der Waals surface area (Å²) < 4.78 is 18.7. The van der Waals surface area contributed by atoms with Crippen LogP contribution in [0.25, 0.3) is 11.1 Å². The first kappa shape index (κ1) is 24.4. The van der Waals surface area contributed by atoms with Gasteiger partial charge in [-0.1, -0.05) is 48.5 Å². The van der Waals surface area contributed by atoms with Gasteiger partial charge in [0.15, 0.2) is 0 Å². The summed E-state index contributed by atoms with van der Waals surface area (Å²) in [6, 6.07) is 21.6. The van der Waals surface area contributed by atoms with Gasteiger partial charge in [-0.2, -0.15) is 0 Å². The first-order valence-electron chi connectivity index (χ1n) is 11.6. The van der Waals surface area contributed by atoms with Crippen molar-refractivity contribution in [1.82, 2.24) is 14.7 Å². The van der Waals surface area contributed by atoms with Crippen LogP contribution in [0.5, 0.6) is 0 Å². The molecule has 3 aromatic rings. The third-order valence-electron chi connectivity index (χ3n) is 6.13. The van der Waals surface area contributed by atoms with Crippen LogP contribution in [0.15, 0.2) is 72.8 Å². The third kappa shape index (κ3) is 6.05. The SMILES string of the molecule is CN(C)CCN(C)C(=O)c1cccc(-c2ccc(CN3C[C@H](c4ccc(F)cc4)OC3=O)cc2)c1. The number of cyclic esters (lactones) is 1. The van der Waals surface area contributed by atoms with E-state index in [1.807, 2.05) is 74.6 Å². The Hall–Kier alpha value is -3.71. The molecule has 0 aromatic heterocycles. The lowest BCUT2D eigenvalue weighted by Gasteiger charge is -2.20. The first-order chi connectivity index (χ1) is 16.8. The number of carbonyl (C=O) groups is 2. The molecule has 1 heterocycles. The predicted octanol–water partition coefficient (Wildman–Crippen LogP) is 4.82. The molecule has 0 bridgehead atoms. The molecule has 6 nitrogen and oxygen atoms in total. The van der Waals surface area contributed by atoms with Gasteiger partial charge in [-0.3, -0.25) is 9.69 Å². The molecule has 0 N–H and O–H groups in total. The Morgan fingerprint density at radius 3 is 2.37 bits per heavy atom. The number of rotatable bonds is 8. The summed E-state index contributed by atoms with van der Waals surface area (Å²) in [5, 5.41) is 0. The third-order valence-corrected chi connectivity index (χ3v) is 6.13. The van der Waals surface area contributed by atoms with Crippen LogP contribution in [0.2, 0.25) is 0 Å². The quantitative estimate of drug-likeness (QED) is 0.469. The molecule has 35 heavy (non-hydrogen) atoms. The summed E-state index contributed by atoms with van der Waals surface area (Å²) in [7, 11) is 5.79. The molecule has 0 radical (unpaired) electrons. The molecule has 1 saturated heterocycles. The fraction of sp³-hybridized carbons (Fsp3) is 0.286. The second kappa shape index (κ2) is 10.7. The van der Waals surface area contributed by atoms with Crippen LogP contribution in [-0.4, -0.2) is 67.5 Å². The van der Waals surface area contributed by atoms with Crippen molar-refractivity contribution in [3.05, 3.63) is 95.3 Å². The van der Waals surface area contributed by atoms with E-state index in [-0.39, 0.29) is 17.8 Å². The van der Waals surface area contributed by atoms with E-state index in [0.29, 0.717) is 25.2 Å². The number of benzene rings is 3. The highest BCUT2D eigenvalue weighted by Gasteiger charge is 2.32. The van der Waals surface area contributed by atoms with Crippen LogP contribution in [0, 0.1) is 5.82 Å². The van der Waals surface area contributed by atoms with E-state index in [4.69, 9.17) is 4.74 Å². The molecular weight excluding hydrogens is 445 g/mol. The normalized spacial score (nSPS) is 15.4. The molecule has 0 spiro atoms. The van der Waals surface area contributed by atoms with Crippen molar-refractivity contribution in [2.75, 3.05) is 40.8 Å². The molecule has 1 aliphatic heterocycles. The molecule has 0 saturated carbocycles. The monoisotopic (exact) mass is 475 g/mol. The minimum absolute atomic E-state index is 0.00595. The number of amides is 2. The lowest BCUT2D eigenvalue weighted by atomic mass is 10.0. The van der Waals surface area contributed by atoms with E-state index in [2.05, 4.69) is 0 Å². The van der Waals surface area contributed by atoms with Gasteiger partial charge in [0.2, 0.25) is 0 Å². The fourth-order valence-electron chi connectivity index (χ4n) is 4.01. The summed E-state index contributed by atoms with van der Waals surface area (Å²) in [4.78, 5) is 30.6. The maximum atomic E-state index is 13.2. The Labute approximate surface area is 205 Å². The van der Waals surface area contributed by atoms with Gasteiger partial charge >= 0.3 is 6.09 Å². The number of hydrogen-bond donors (Lipinski definition) is 0. The van der Waals surface area contributed by atoms with Gasteiger partial charge in [-0.05, 0) is 60.6 Å². The van der Waals surface area contributed by atoms with Crippen molar-refractivity contribution in [2.24, 2.45) is 0 Å². The summed E-state index contributed by atoms with van der Waals surface area (Å²) in [5.41, 5.74) is 4.35. The Morgan fingerprint density at radius 2 is 1.69 bits per heavy atom. The minimum Gasteiger partial charge on any atom is -0.439 e. The van der Waals surface area contributed by atoms with Crippen LogP contribution in [-0.2, 0) is 11.3 Å². The highest BCUT2D eigenvalue weighted by molar-refractivity contribution is 5.95. The van der Waals surface area contributed by atoms with Crippen LogP contribution in [0.4, 0.5) is 9.18 Å². The summed E-state index contributed by atoms with van der Waals surface area (Å²) in [6.45, 7) is 2.30. The van der Waals surface area contributed by atoms with Crippen molar-refractivity contribution in [2.45, 2.75) is 12.6 Å². The van der Waals surface area contributed by atoms with E-state index in [0.717, 1.165) is 28.8 Å². The molecule has 0 aliphatic carbocycles. The Morgan fingerprint density at radius 1 is 0.971 bits per heavy atom. The van der Waals surface area contributed by atoms with Crippen LogP contribution >= 0.6 is 0 Å². The smallest absolute Gasteiger partial charge is 0.410 e. The van der Waals surface area contributed by atoms with E-state index >= 15 is 0 Å². The Kier molecular flexibility index (Phi) is 7.46. The number of carbonyl (C=O) groups excluding carboxylic acids is 2. The summed E-state index contributed by atoms with van der Waals surface area (Å²) >= 11 is 0. The minimum atomic E-state index is -0.404. The van der Waals surface area contributed by atoms with Crippen molar-refractivity contribution >= 4 is 12.0 Å². The lowest BCUT2D eigenvalue weighted by molar-refractivity contribution is 0.0786. The fourth-order valence-corrected chi connectivity index (χ4v) is 4.01. The van der Waals surface area contributed by atoms with Gasteiger partial charge in [-0.25, -0.2) is 9.18 Å². The molecule has 1 fully saturated rings. The summed E-state index contributed by atoms with van der Waals surface area (Å²) in [5.74, 6) is -0.324. The molecule has 4 rings (SSSR count). The maximum absolute atomic E-state index is 13.2.